The van der Waals surface area contributed by atoms with Crippen LogP contribution in [0, 0.1) is 18.3 Å². The van der Waals surface area contributed by atoms with Gasteiger partial charge in [-0.1, -0.05) is 71.2 Å². The van der Waals surface area contributed by atoms with Crippen molar-refractivity contribution in [2.45, 2.75) is 13.5 Å². The number of halogens is 2. The minimum absolute atomic E-state index is 0.00527. The van der Waals surface area contributed by atoms with Gasteiger partial charge < -0.3 is 9.88 Å². The molecule has 0 atom stereocenters. The number of anilines is 1. The number of hydrogen-bond donors (Lipinski definition) is 1. The summed E-state index contributed by atoms with van der Waals surface area (Å²) in [5.41, 5.74) is 4.67. The van der Waals surface area contributed by atoms with Crippen molar-refractivity contribution >= 4 is 51.8 Å². The first-order chi connectivity index (χ1) is 15.4. The van der Waals surface area contributed by atoms with Crippen LogP contribution in [-0.4, -0.2) is 10.5 Å². The maximum atomic E-state index is 12.7. The number of aromatic nitrogens is 1. The van der Waals surface area contributed by atoms with E-state index in [0.29, 0.717) is 22.3 Å². The molecule has 0 aliphatic heterocycles. The van der Waals surface area contributed by atoms with Crippen LogP contribution in [0.2, 0.25) is 10.0 Å². The van der Waals surface area contributed by atoms with Gasteiger partial charge in [-0.05, 0) is 42.8 Å². The van der Waals surface area contributed by atoms with Gasteiger partial charge in [-0.2, -0.15) is 5.26 Å². The Kier molecular flexibility index (Phi) is 6.32. The Hall–Kier alpha value is -3.52. The van der Waals surface area contributed by atoms with E-state index in [0.717, 1.165) is 16.5 Å². The molecular formula is C26H19Cl2N3O. The van der Waals surface area contributed by atoms with Crippen LogP contribution in [0.1, 0.15) is 16.7 Å². The molecule has 0 saturated heterocycles. The Balaban J connectivity index is 1.66. The molecule has 4 rings (SSSR count). The van der Waals surface area contributed by atoms with E-state index >= 15 is 0 Å². The Bertz CT molecular complexity index is 1380. The van der Waals surface area contributed by atoms with E-state index in [1.807, 2.05) is 36.5 Å². The standard InChI is InChI=1S/C26H19Cl2N3O/c1-17-6-8-18(9-7-17)15-31-16-20(22-4-2-3-5-25(22)31)12-19(14-29)26(32)30-21-10-11-23(27)24(28)13-21/h2-13,16H,15H2,1H3,(H,30,32)/b19-12+. The van der Waals surface area contributed by atoms with E-state index in [-0.39, 0.29) is 5.57 Å². The molecule has 1 N–H and O–H groups in total. The first-order valence-electron chi connectivity index (χ1n) is 9.96. The summed E-state index contributed by atoms with van der Waals surface area (Å²) >= 11 is 11.9. The molecule has 0 fully saturated rings. The highest BCUT2D eigenvalue weighted by atomic mass is 35.5. The minimum Gasteiger partial charge on any atom is -0.342 e. The van der Waals surface area contributed by atoms with Gasteiger partial charge in [0.25, 0.3) is 5.91 Å². The van der Waals surface area contributed by atoms with Gasteiger partial charge in [0, 0.05) is 34.9 Å². The number of nitriles is 1. The lowest BCUT2D eigenvalue weighted by Gasteiger charge is -2.06. The molecule has 4 aromatic rings. The van der Waals surface area contributed by atoms with Gasteiger partial charge in [0.05, 0.1) is 10.0 Å². The number of benzene rings is 3. The van der Waals surface area contributed by atoms with Crippen molar-refractivity contribution in [1.82, 2.24) is 4.57 Å². The highest BCUT2D eigenvalue weighted by Gasteiger charge is 2.13. The molecular weight excluding hydrogens is 441 g/mol. The molecule has 0 unspecified atom stereocenters. The lowest BCUT2D eigenvalue weighted by atomic mass is 10.1. The van der Waals surface area contributed by atoms with Gasteiger partial charge in [0.15, 0.2) is 0 Å². The van der Waals surface area contributed by atoms with Crippen LogP contribution in [-0.2, 0) is 11.3 Å². The second kappa shape index (κ2) is 9.32. The summed E-state index contributed by atoms with van der Waals surface area (Å²) in [7, 11) is 0. The zero-order chi connectivity index (χ0) is 22.7. The van der Waals surface area contributed by atoms with Crippen LogP contribution in [0.25, 0.3) is 17.0 Å². The molecule has 0 aliphatic rings. The van der Waals surface area contributed by atoms with Crippen molar-refractivity contribution < 1.29 is 4.79 Å². The fourth-order valence-electron chi connectivity index (χ4n) is 3.49. The number of nitrogens with zero attached hydrogens (tertiary/aromatic N) is 2. The zero-order valence-corrected chi connectivity index (χ0v) is 18.8. The summed E-state index contributed by atoms with van der Waals surface area (Å²) < 4.78 is 2.12. The van der Waals surface area contributed by atoms with Crippen molar-refractivity contribution in [2.75, 3.05) is 5.32 Å². The molecule has 0 saturated carbocycles. The van der Waals surface area contributed by atoms with E-state index < -0.39 is 5.91 Å². The van der Waals surface area contributed by atoms with Gasteiger partial charge in [-0.15, -0.1) is 0 Å². The molecule has 3 aromatic carbocycles. The van der Waals surface area contributed by atoms with Crippen LogP contribution in [0.4, 0.5) is 5.69 Å². The summed E-state index contributed by atoms with van der Waals surface area (Å²) in [4.78, 5) is 12.7. The Morgan fingerprint density at radius 1 is 1.06 bits per heavy atom. The van der Waals surface area contributed by atoms with Gasteiger partial charge in [-0.25, -0.2) is 0 Å². The smallest absolute Gasteiger partial charge is 0.266 e. The van der Waals surface area contributed by atoms with Crippen LogP contribution in [0.5, 0.6) is 0 Å². The fourth-order valence-corrected chi connectivity index (χ4v) is 3.79. The number of nitrogens with one attached hydrogen (secondary N) is 1. The van der Waals surface area contributed by atoms with E-state index in [9.17, 15) is 10.1 Å². The second-order valence-electron chi connectivity index (χ2n) is 7.47. The Morgan fingerprint density at radius 3 is 2.53 bits per heavy atom. The average molecular weight is 460 g/mol. The molecule has 32 heavy (non-hydrogen) atoms. The number of para-hydroxylation sites is 1. The number of fused-ring (bicyclic) bond motifs is 1. The van der Waals surface area contributed by atoms with E-state index in [4.69, 9.17) is 23.2 Å². The number of amides is 1. The van der Waals surface area contributed by atoms with E-state index in [1.54, 1.807) is 24.3 Å². The zero-order valence-electron chi connectivity index (χ0n) is 17.3. The van der Waals surface area contributed by atoms with Crippen LogP contribution in [0.3, 0.4) is 0 Å². The normalized spacial score (nSPS) is 11.4. The maximum absolute atomic E-state index is 12.7. The molecule has 1 aromatic heterocycles. The van der Waals surface area contributed by atoms with Crippen LogP contribution >= 0.6 is 23.2 Å². The summed E-state index contributed by atoms with van der Waals surface area (Å²) in [6.45, 7) is 2.75. The van der Waals surface area contributed by atoms with Crippen molar-refractivity contribution in [3.8, 4) is 6.07 Å². The fraction of sp³-hybridized carbons (Fsp3) is 0.0769. The predicted molar refractivity (Wildman–Crippen MR) is 131 cm³/mol. The van der Waals surface area contributed by atoms with Crippen molar-refractivity contribution in [3.05, 3.63) is 105 Å². The third kappa shape index (κ3) is 4.70. The van der Waals surface area contributed by atoms with Gasteiger partial charge in [-0.3, -0.25) is 4.79 Å². The highest BCUT2D eigenvalue weighted by molar-refractivity contribution is 6.42. The van der Waals surface area contributed by atoms with Crippen molar-refractivity contribution in [3.63, 3.8) is 0 Å². The third-order valence-electron chi connectivity index (χ3n) is 5.14. The third-order valence-corrected chi connectivity index (χ3v) is 5.87. The second-order valence-corrected chi connectivity index (χ2v) is 8.28. The first kappa shape index (κ1) is 21.7. The molecule has 6 heteroatoms. The number of aryl methyl sites for hydroxylation is 1. The summed E-state index contributed by atoms with van der Waals surface area (Å²) in [6.07, 6.45) is 3.58. The quantitative estimate of drug-likeness (QED) is 0.262. The lowest BCUT2D eigenvalue weighted by Crippen LogP contribution is -2.13. The van der Waals surface area contributed by atoms with E-state index in [2.05, 4.69) is 41.1 Å². The summed E-state index contributed by atoms with van der Waals surface area (Å²) in [6, 6.07) is 23.1. The molecule has 0 spiro atoms. The topological polar surface area (TPSA) is 57.8 Å². The van der Waals surface area contributed by atoms with Crippen molar-refractivity contribution in [1.29, 1.82) is 5.26 Å². The predicted octanol–water partition coefficient (Wildman–Crippen LogP) is 6.85. The molecule has 1 heterocycles. The number of rotatable bonds is 5. The Labute approximate surface area is 196 Å². The highest BCUT2D eigenvalue weighted by Crippen LogP contribution is 2.27. The molecule has 0 radical (unpaired) electrons. The number of carbonyl (C=O) groups is 1. The minimum atomic E-state index is -0.513. The molecule has 1 amide bonds. The van der Waals surface area contributed by atoms with Crippen molar-refractivity contribution in [2.24, 2.45) is 0 Å². The number of carbonyl (C=O) groups excluding carboxylic acids is 1. The summed E-state index contributed by atoms with van der Waals surface area (Å²) in [5.74, 6) is -0.513. The maximum Gasteiger partial charge on any atom is 0.266 e. The molecule has 4 nitrogen and oxygen atoms in total. The van der Waals surface area contributed by atoms with Gasteiger partial charge >= 0.3 is 0 Å². The molecule has 0 bridgehead atoms. The summed E-state index contributed by atoms with van der Waals surface area (Å²) in [5, 5.41) is 14.0. The lowest BCUT2D eigenvalue weighted by molar-refractivity contribution is -0.112. The Morgan fingerprint density at radius 2 is 1.81 bits per heavy atom. The largest absolute Gasteiger partial charge is 0.342 e. The molecule has 158 valence electrons. The van der Waals surface area contributed by atoms with Gasteiger partial charge in [0.1, 0.15) is 11.6 Å². The monoisotopic (exact) mass is 459 g/mol. The number of hydrogen-bond acceptors (Lipinski definition) is 2. The average Bonchev–Trinajstić information content (AvgIpc) is 3.13. The first-order valence-corrected chi connectivity index (χ1v) is 10.7. The van der Waals surface area contributed by atoms with Crippen LogP contribution in [0.15, 0.2) is 78.5 Å². The SMILES string of the molecule is Cc1ccc(Cn2cc(/C=C(\C#N)C(=O)Nc3ccc(Cl)c(Cl)c3)c3ccccc32)cc1. The van der Waals surface area contributed by atoms with E-state index in [1.165, 1.54) is 11.1 Å². The van der Waals surface area contributed by atoms with Gasteiger partial charge in [0.2, 0.25) is 0 Å². The van der Waals surface area contributed by atoms with Crippen LogP contribution < -0.4 is 5.32 Å². The molecule has 0 aliphatic carbocycles.